The molecule has 0 spiro atoms. The number of esters is 1. The van der Waals surface area contributed by atoms with E-state index in [1.165, 1.54) is 6.08 Å². The van der Waals surface area contributed by atoms with Gasteiger partial charge >= 0.3 is 5.97 Å². The summed E-state index contributed by atoms with van der Waals surface area (Å²) < 4.78 is 4.81. The Morgan fingerprint density at radius 3 is 3.20 bits per heavy atom. The highest BCUT2D eigenvalue weighted by atomic mass is 16.5. The summed E-state index contributed by atoms with van der Waals surface area (Å²) in [5, 5.41) is 0. The first kappa shape index (κ1) is 6.84. The predicted octanol–water partition coefficient (Wildman–Crippen LogP) is 1.20. The van der Waals surface area contributed by atoms with Gasteiger partial charge in [-0.1, -0.05) is 6.58 Å². The van der Waals surface area contributed by atoms with Crippen LogP contribution >= 0.6 is 0 Å². The smallest absolute Gasteiger partial charge is 0.331 e. The van der Waals surface area contributed by atoms with Crippen molar-refractivity contribution in [3.63, 3.8) is 0 Å². The molecule has 0 amide bonds. The minimum atomic E-state index is -0.262. The third-order valence-corrected chi connectivity index (χ3v) is 1.21. The molecule has 0 saturated heterocycles. The molecule has 0 aromatic carbocycles. The summed E-state index contributed by atoms with van der Waals surface area (Å²) in [6.45, 7) is 3.40. The number of hydrogen-bond donors (Lipinski definition) is 0. The van der Waals surface area contributed by atoms with Crippen molar-refractivity contribution in [2.75, 3.05) is 0 Å². The second-order valence-corrected chi connectivity index (χ2v) is 1.98. The Labute approximate surface area is 59.5 Å². The second kappa shape index (κ2) is 3.04. The Balaban J connectivity index is 2.39. The zero-order valence-electron chi connectivity index (χ0n) is 5.54. The van der Waals surface area contributed by atoms with Gasteiger partial charge in [-0.3, -0.25) is 0 Å². The molecule has 1 unspecified atom stereocenters. The maximum atomic E-state index is 10.5. The van der Waals surface area contributed by atoms with Gasteiger partial charge in [0.25, 0.3) is 0 Å². The molecular formula is C8H8O2. The van der Waals surface area contributed by atoms with Gasteiger partial charge in [-0.2, -0.15) is 0 Å². The summed E-state index contributed by atoms with van der Waals surface area (Å²) in [6, 6.07) is 0. The summed E-state index contributed by atoms with van der Waals surface area (Å²) >= 11 is 0. The topological polar surface area (TPSA) is 26.3 Å². The SMILES string of the molecule is C=C=CCC1C=CC(=O)O1. The van der Waals surface area contributed by atoms with Crippen molar-refractivity contribution in [3.05, 3.63) is 30.5 Å². The lowest BCUT2D eigenvalue weighted by Gasteiger charge is -2.01. The average Bonchev–Trinajstić information content (AvgIpc) is 2.31. The van der Waals surface area contributed by atoms with Crippen LogP contribution in [0.3, 0.4) is 0 Å². The van der Waals surface area contributed by atoms with Gasteiger partial charge in [-0.05, 0) is 12.2 Å². The lowest BCUT2D eigenvalue weighted by Crippen LogP contribution is -2.05. The van der Waals surface area contributed by atoms with Crippen molar-refractivity contribution in [1.29, 1.82) is 0 Å². The second-order valence-electron chi connectivity index (χ2n) is 1.98. The van der Waals surface area contributed by atoms with Crippen LogP contribution in [0.5, 0.6) is 0 Å². The van der Waals surface area contributed by atoms with Crippen LogP contribution in [0.15, 0.2) is 30.5 Å². The van der Waals surface area contributed by atoms with E-state index in [0.717, 1.165) is 0 Å². The summed E-state index contributed by atoms with van der Waals surface area (Å²) in [5.74, 6) is -0.262. The fourth-order valence-corrected chi connectivity index (χ4v) is 0.740. The lowest BCUT2D eigenvalue weighted by atomic mass is 10.2. The van der Waals surface area contributed by atoms with E-state index < -0.39 is 0 Å². The quantitative estimate of drug-likeness (QED) is 0.421. The fraction of sp³-hybridized carbons (Fsp3) is 0.250. The zero-order valence-corrected chi connectivity index (χ0v) is 5.54. The van der Waals surface area contributed by atoms with Crippen LogP contribution in [0.4, 0.5) is 0 Å². The van der Waals surface area contributed by atoms with Crippen molar-refractivity contribution < 1.29 is 9.53 Å². The van der Waals surface area contributed by atoms with E-state index >= 15 is 0 Å². The first-order valence-electron chi connectivity index (χ1n) is 3.06. The molecule has 0 N–H and O–H groups in total. The first-order chi connectivity index (χ1) is 4.83. The van der Waals surface area contributed by atoms with E-state index in [1.807, 2.05) is 0 Å². The molecule has 0 aromatic heterocycles. The minimum absolute atomic E-state index is 0.0956. The van der Waals surface area contributed by atoms with Crippen molar-refractivity contribution in [2.45, 2.75) is 12.5 Å². The van der Waals surface area contributed by atoms with Gasteiger partial charge in [-0.15, -0.1) is 5.73 Å². The Bertz CT molecular complexity index is 209. The van der Waals surface area contributed by atoms with Crippen LogP contribution in [-0.4, -0.2) is 12.1 Å². The molecule has 0 radical (unpaired) electrons. The number of rotatable bonds is 2. The lowest BCUT2D eigenvalue weighted by molar-refractivity contribution is -0.138. The highest BCUT2D eigenvalue weighted by Crippen LogP contribution is 2.08. The van der Waals surface area contributed by atoms with E-state index in [4.69, 9.17) is 4.74 Å². The molecule has 10 heavy (non-hydrogen) atoms. The molecule has 0 saturated carbocycles. The number of carbonyl (C=O) groups excluding carboxylic acids is 1. The third kappa shape index (κ3) is 1.61. The zero-order chi connectivity index (χ0) is 7.40. The molecule has 1 rings (SSSR count). The molecule has 0 aliphatic carbocycles. The molecule has 0 aromatic rings. The molecule has 0 fully saturated rings. The van der Waals surface area contributed by atoms with Crippen LogP contribution in [0, 0.1) is 0 Å². The number of ether oxygens (including phenoxy) is 1. The number of cyclic esters (lactones) is 1. The minimum Gasteiger partial charge on any atom is -0.455 e. The number of hydrogen-bond acceptors (Lipinski definition) is 2. The van der Waals surface area contributed by atoms with Gasteiger partial charge in [0.1, 0.15) is 6.10 Å². The van der Waals surface area contributed by atoms with Gasteiger partial charge < -0.3 is 4.74 Å². The van der Waals surface area contributed by atoms with Crippen molar-refractivity contribution in [3.8, 4) is 0 Å². The Kier molecular flexibility index (Phi) is 2.08. The van der Waals surface area contributed by atoms with Crippen LogP contribution in [0.2, 0.25) is 0 Å². The highest BCUT2D eigenvalue weighted by Gasteiger charge is 2.13. The van der Waals surface area contributed by atoms with Crippen molar-refractivity contribution in [2.24, 2.45) is 0 Å². The van der Waals surface area contributed by atoms with Crippen LogP contribution in [-0.2, 0) is 9.53 Å². The molecular weight excluding hydrogens is 128 g/mol. The van der Waals surface area contributed by atoms with Crippen LogP contribution in [0.1, 0.15) is 6.42 Å². The molecule has 1 aliphatic rings. The summed E-state index contributed by atoms with van der Waals surface area (Å²) in [6.07, 6.45) is 5.48. The fourth-order valence-electron chi connectivity index (χ4n) is 0.740. The third-order valence-electron chi connectivity index (χ3n) is 1.21. The number of carbonyl (C=O) groups is 1. The highest BCUT2D eigenvalue weighted by molar-refractivity contribution is 5.84. The van der Waals surface area contributed by atoms with E-state index in [2.05, 4.69) is 12.3 Å². The maximum absolute atomic E-state index is 10.5. The molecule has 1 heterocycles. The van der Waals surface area contributed by atoms with E-state index in [1.54, 1.807) is 12.2 Å². The van der Waals surface area contributed by atoms with Crippen molar-refractivity contribution in [1.82, 2.24) is 0 Å². The normalized spacial score (nSPS) is 22.0. The monoisotopic (exact) mass is 136 g/mol. The van der Waals surface area contributed by atoms with Gasteiger partial charge in [-0.25, -0.2) is 4.79 Å². The van der Waals surface area contributed by atoms with Gasteiger partial charge in [0.2, 0.25) is 0 Å². The van der Waals surface area contributed by atoms with Crippen molar-refractivity contribution >= 4 is 5.97 Å². The molecule has 1 atom stereocenters. The molecule has 1 aliphatic heterocycles. The van der Waals surface area contributed by atoms with Crippen LogP contribution < -0.4 is 0 Å². The van der Waals surface area contributed by atoms with Gasteiger partial charge in [0, 0.05) is 12.5 Å². The standard InChI is InChI=1S/C8H8O2/c1-2-3-4-7-5-6-8(9)10-7/h3,5-7H,1,4H2. The van der Waals surface area contributed by atoms with Gasteiger partial charge in [0.15, 0.2) is 0 Å². The van der Waals surface area contributed by atoms with E-state index in [-0.39, 0.29) is 12.1 Å². The Morgan fingerprint density at radius 2 is 2.70 bits per heavy atom. The van der Waals surface area contributed by atoms with Crippen LogP contribution in [0.25, 0.3) is 0 Å². The molecule has 2 nitrogen and oxygen atoms in total. The Morgan fingerprint density at radius 1 is 1.90 bits per heavy atom. The Hall–Kier alpha value is -1.27. The van der Waals surface area contributed by atoms with E-state index in [9.17, 15) is 4.79 Å². The first-order valence-corrected chi connectivity index (χ1v) is 3.06. The maximum Gasteiger partial charge on any atom is 0.331 e. The molecule has 0 bridgehead atoms. The largest absolute Gasteiger partial charge is 0.455 e. The summed E-state index contributed by atoms with van der Waals surface area (Å²) in [7, 11) is 0. The van der Waals surface area contributed by atoms with E-state index in [0.29, 0.717) is 6.42 Å². The molecule has 52 valence electrons. The van der Waals surface area contributed by atoms with Gasteiger partial charge in [0.05, 0.1) is 0 Å². The predicted molar refractivity (Wildman–Crippen MR) is 37.3 cm³/mol. The summed E-state index contributed by atoms with van der Waals surface area (Å²) in [5.41, 5.74) is 2.61. The average molecular weight is 136 g/mol. The molecule has 2 heteroatoms. The summed E-state index contributed by atoms with van der Waals surface area (Å²) in [4.78, 5) is 10.5.